The lowest BCUT2D eigenvalue weighted by Gasteiger charge is -2.11. The Morgan fingerprint density at radius 2 is 1.12 bits per heavy atom. The second-order valence-electron chi connectivity index (χ2n) is 7.03. The first-order valence-electron chi connectivity index (χ1n) is 10.4. The Balaban J connectivity index is 3.52. The van der Waals surface area contributed by atoms with Crippen LogP contribution in [-0.2, 0) is 19.1 Å². The summed E-state index contributed by atoms with van der Waals surface area (Å²) in [5.74, 6) is -1.00. The van der Waals surface area contributed by atoms with Crippen LogP contribution >= 0.6 is 0 Å². The van der Waals surface area contributed by atoms with E-state index in [1.54, 1.807) is 6.92 Å². The van der Waals surface area contributed by atoms with Crippen molar-refractivity contribution < 1.29 is 19.1 Å². The predicted molar refractivity (Wildman–Crippen MR) is 102 cm³/mol. The van der Waals surface area contributed by atoms with Gasteiger partial charge in [-0.1, -0.05) is 85.0 Å². The molecule has 0 aliphatic carbocycles. The molecule has 0 saturated heterocycles. The van der Waals surface area contributed by atoms with Gasteiger partial charge in [0.25, 0.3) is 0 Å². The molecule has 0 aromatic carbocycles. The predicted octanol–water partition coefficient (Wildman–Crippen LogP) is 5.82. The van der Waals surface area contributed by atoms with Crippen molar-refractivity contribution >= 4 is 11.9 Å². The molecule has 4 nitrogen and oxygen atoms in total. The smallest absolute Gasteiger partial charge is 0.309 e. The standard InChI is InChI=1S/C21H40O4/c1-4-6-8-10-11-12-13-15-16-24-20(22)18-19(3)21(23)25-17-14-9-7-5-2/h19H,4-18H2,1-3H3/t19-/m1/s1. The number of unbranched alkanes of at least 4 members (excludes halogenated alkanes) is 10. The van der Waals surface area contributed by atoms with E-state index < -0.39 is 5.92 Å². The molecule has 0 heterocycles. The van der Waals surface area contributed by atoms with Crippen LogP contribution in [0.15, 0.2) is 0 Å². The van der Waals surface area contributed by atoms with Gasteiger partial charge >= 0.3 is 11.9 Å². The normalized spacial score (nSPS) is 12.0. The number of carbonyl (C=O) groups excluding carboxylic acids is 2. The van der Waals surface area contributed by atoms with E-state index in [1.807, 2.05) is 0 Å². The molecular weight excluding hydrogens is 316 g/mol. The van der Waals surface area contributed by atoms with Crippen molar-refractivity contribution in [2.45, 2.75) is 104 Å². The molecule has 0 saturated carbocycles. The quantitative estimate of drug-likeness (QED) is 0.243. The number of ether oxygens (including phenoxy) is 2. The van der Waals surface area contributed by atoms with E-state index in [2.05, 4.69) is 13.8 Å². The third-order valence-electron chi connectivity index (χ3n) is 4.38. The van der Waals surface area contributed by atoms with Gasteiger partial charge in [0.1, 0.15) is 0 Å². The first-order valence-corrected chi connectivity index (χ1v) is 10.4. The van der Waals surface area contributed by atoms with Gasteiger partial charge in [0.15, 0.2) is 0 Å². The molecule has 0 aromatic rings. The van der Waals surface area contributed by atoms with Crippen LogP contribution < -0.4 is 0 Å². The highest BCUT2D eigenvalue weighted by Crippen LogP contribution is 2.10. The zero-order valence-corrected chi connectivity index (χ0v) is 16.8. The van der Waals surface area contributed by atoms with E-state index in [0.29, 0.717) is 13.2 Å². The van der Waals surface area contributed by atoms with Gasteiger partial charge in [-0.05, 0) is 12.8 Å². The minimum Gasteiger partial charge on any atom is -0.466 e. The summed E-state index contributed by atoms with van der Waals surface area (Å²) in [7, 11) is 0. The third-order valence-corrected chi connectivity index (χ3v) is 4.38. The fraction of sp³-hybridized carbons (Fsp3) is 0.905. The molecular formula is C21H40O4. The summed E-state index contributed by atoms with van der Waals surface area (Å²) in [6, 6.07) is 0. The highest BCUT2D eigenvalue weighted by Gasteiger charge is 2.19. The molecule has 148 valence electrons. The molecule has 25 heavy (non-hydrogen) atoms. The van der Waals surface area contributed by atoms with E-state index in [0.717, 1.165) is 38.5 Å². The molecule has 4 heteroatoms. The number of esters is 2. The van der Waals surface area contributed by atoms with Gasteiger partial charge in [-0.25, -0.2) is 0 Å². The van der Waals surface area contributed by atoms with Crippen molar-refractivity contribution in [3.63, 3.8) is 0 Å². The van der Waals surface area contributed by atoms with Crippen molar-refractivity contribution in [2.75, 3.05) is 13.2 Å². The van der Waals surface area contributed by atoms with Crippen molar-refractivity contribution in [2.24, 2.45) is 5.92 Å². The highest BCUT2D eigenvalue weighted by atomic mass is 16.5. The Labute approximate surface area is 155 Å². The van der Waals surface area contributed by atoms with Gasteiger partial charge in [0.05, 0.1) is 25.6 Å². The second kappa shape index (κ2) is 17.8. The summed E-state index contributed by atoms with van der Waals surface area (Å²) in [5, 5.41) is 0. The molecule has 0 aliphatic rings. The fourth-order valence-corrected chi connectivity index (χ4v) is 2.66. The van der Waals surface area contributed by atoms with Crippen LogP contribution in [-0.4, -0.2) is 25.2 Å². The first-order chi connectivity index (χ1) is 12.1. The Morgan fingerprint density at radius 3 is 1.68 bits per heavy atom. The van der Waals surface area contributed by atoms with Crippen molar-refractivity contribution in [1.82, 2.24) is 0 Å². The van der Waals surface area contributed by atoms with Gasteiger partial charge in [0, 0.05) is 0 Å². The molecule has 0 unspecified atom stereocenters. The number of carbonyl (C=O) groups is 2. The Hall–Kier alpha value is -1.06. The van der Waals surface area contributed by atoms with Crippen LogP contribution in [0, 0.1) is 5.92 Å². The molecule has 0 rings (SSSR count). The maximum absolute atomic E-state index is 11.8. The van der Waals surface area contributed by atoms with Crippen LogP contribution in [0.25, 0.3) is 0 Å². The monoisotopic (exact) mass is 356 g/mol. The van der Waals surface area contributed by atoms with Crippen molar-refractivity contribution in [3.8, 4) is 0 Å². The minimum absolute atomic E-state index is 0.116. The average Bonchev–Trinajstić information content (AvgIpc) is 2.59. The summed E-state index contributed by atoms with van der Waals surface area (Å²) in [5.41, 5.74) is 0. The van der Waals surface area contributed by atoms with Gasteiger partial charge < -0.3 is 9.47 Å². The zero-order valence-electron chi connectivity index (χ0n) is 16.8. The highest BCUT2D eigenvalue weighted by molar-refractivity contribution is 5.79. The van der Waals surface area contributed by atoms with E-state index in [9.17, 15) is 9.59 Å². The maximum atomic E-state index is 11.8. The Bertz CT molecular complexity index is 328. The first kappa shape index (κ1) is 23.9. The number of hydrogen-bond donors (Lipinski definition) is 0. The Morgan fingerprint density at radius 1 is 0.680 bits per heavy atom. The zero-order chi connectivity index (χ0) is 18.8. The molecule has 1 atom stereocenters. The van der Waals surface area contributed by atoms with E-state index in [4.69, 9.17) is 9.47 Å². The minimum atomic E-state index is -0.419. The number of hydrogen-bond acceptors (Lipinski definition) is 4. The topological polar surface area (TPSA) is 52.6 Å². The lowest BCUT2D eigenvalue weighted by Crippen LogP contribution is -2.20. The third kappa shape index (κ3) is 16.2. The van der Waals surface area contributed by atoms with Crippen molar-refractivity contribution in [1.29, 1.82) is 0 Å². The molecule has 0 fully saturated rings. The molecule has 0 radical (unpaired) electrons. The largest absolute Gasteiger partial charge is 0.466 e. The second-order valence-corrected chi connectivity index (χ2v) is 7.03. The van der Waals surface area contributed by atoms with Crippen LogP contribution in [0.3, 0.4) is 0 Å². The van der Waals surface area contributed by atoms with E-state index >= 15 is 0 Å². The van der Waals surface area contributed by atoms with E-state index in [-0.39, 0.29) is 18.4 Å². The lowest BCUT2D eigenvalue weighted by molar-refractivity contribution is -0.154. The van der Waals surface area contributed by atoms with Crippen LogP contribution in [0.2, 0.25) is 0 Å². The summed E-state index contributed by atoms with van der Waals surface area (Å²) < 4.78 is 10.4. The summed E-state index contributed by atoms with van der Waals surface area (Å²) in [6.45, 7) is 7.02. The molecule has 0 aliphatic heterocycles. The van der Waals surface area contributed by atoms with Gasteiger partial charge in [0.2, 0.25) is 0 Å². The molecule has 0 spiro atoms. The van der Waals surface area contributed by atoms with Crippen LogP contribution in [0.1, 0.15) is 104 Å². The molecule has 0 N–H and O–H groups in total. The molecule has 0 bridgehead atoms. The molecule has 0 amide bonds. The molecule has 0 aromatic heterocycles. The average molecular weight is 357 g/mol. The lowest BCUT2D eigenvalue weighted by atomic mass is 10.1. The summed E-state index contributed by atoms with van der Waals surface area (Å²) in [4.78, 5) is 23.6. The van der Waals surface area contributed by atoms with Gasteiger partial charge in [-0.15, -0.1) is 0 Å². The van der Waals surface area contributed by atoms with E-state index in [1.165, 1.54) is 38.5 Å². The van der Waals surface area contributed by atoms with Gasteiger partial charge in [-0.3, -0.25) is 9.59 Å². The maximum Gasteiger partial charge on any atom is 0.309 e. The van der Waals surface area contributed by atoms with Gasteiger partial charge in [-0.2, -0.15) is 0 Å². The van der Waals surface area contributed by atoms with Crippen LogP contribution in [0.4, 0.5) is 0 Å². The Kier molecular flexibility index (Phi) is 17.0. The fourth-order valence-electron chi connectivity index (χ4n) is 2.66. The van der Waals surface area contributed by atoms with Crippen LogP contribution in [0.5, 0.6) is 0 Å². The number of rotatable bonds is 17. The SMILES string of the molecule is CCCCCCCCCCOC(=O)C[C@@H](C)C(=O)OCCCCCC. The van der Waals surface area contributed by atoms with Crippen molar-refractivity contribution in [3.05, 3.63) is 0 Å². The summed E-state index contributed by atoms with van der Waals surface area (Å²) in [6.07, 6.45) is 14.2. The summed E-state index contributed by atoms with van der Waals surface area (Å²) >= 11 is 0.